The highest BCUT2D eigenvalue weighted by Gasteiger charge is 2.14. The fraction of sp³-hybridized carbons (Fsp3) is 0.286. The van der Waals surface area contributed by atoms with E-state index in [4.69, 9.17) is 22.4 Å². The van der Waals surface area contributed by atoms with Crippen molar-refractivity contribution in [1.82, 2.24) is 9.97 Å². The van der Waals surface area contributed by atoms with Crippen molar-refractivity contribution in [3.05, 3.63) is 11.3 Å². The summed E-state index contributed by atoms with van der Waals surface area (Å²) in [7, 11) is 0. The number of nitrogen functional groups attached to an aromatic ring is 1. The van der Waals surface area contributed by atoms with E-state index in [1.54, 1.807) is 0 Å². The molecule has 0 aromatic carbocycles. The van der Waals surface area contributed by atoms with Gasteiger partial charge in [0.2, 0.25) is 0 Å². The lowest BCUT2D eigenvalue weighted by atomic mass is 10.3. The van der Waals surface area contributed by atoms with Crippen LogP contribution in [0.3, 0.4) is 0 Å². The Morgan fingerprint density at radius 3 is 2.93 bits per heavy atom. The van der Waals surface area contributed by atoms with Crippen LogP contribution in [0.5, 0.6) is 0 Å². The van der Waals surface area contributed by atoms with Crippen LogP contribution in [0.15, 0.2) is 6.33 Å². The van der Waals surface area contributed by atoms with Crippen molar-refractivity contribution < 1.29 is 9.90 Å². The van der Waals surface area contributed by atoms with Gasteiger partial charge in [0.1, 0.15) is 23.2 Å². The molecule has 1 atom stereocenters. The van der Waals surface area contributed by atoms with E-state index in [1.165, 1.54) is 13.3 Å². The van der Waals surface area contributed by atoms with Crippen LogP contribution in [0.1, 0.15) is 6.92 Å². The van der Waals surface area contributed by atoms with E-state index in [1.807, 2.05) is 0 Å². The minimum Gasteiger partial charge on any atom is -0.480 e. The second kappa shape index (κ2) is 4.10. The summed E-state index contributed by atoms with van der Waals surface area (Å²) in [6.45, 7) is 1.47. The molecule has 1 aromatic heterocycles. The maximum absolute atomic E-state index is 10.5. The molecule has 76 valence electrons. The summed E-state index contributed by atoms with van der Waals surface area (Å²) in [6, 6.07) is -0.790. The second-order valence-corrected chi connectivity index (χ2v) is 3.00. The van der Waals surface area contributed by atoms with Crippen molar-refractivity contribution in [1.29, 1.82) is 0 Å². The fourth-order valence-corrected chi connectivity index (χ4v) is 0.903. The van der Waals surface area contributed by atoms with Crippen LogP contribution in [0.25, 0.3) is 0 Å². The third-order valence-electron chi connectivity index (χ3n) is 1.54. The maximum atomic E-state index is 10.5. The van der Waals surface area contributed by atoms with Gasteiger partial charge in [0.05, 0.1) is 0 Å². The van der Waals surface area contributed by atoms with Crippen molar-refractivity contribution in [2.75, 3.05) is 11.1 Å². The third-order valence-corrected chi connectivity index (χ3v) is 1.91. The van der Waals surface area contributed by atoms with Crippen LogP contribution < -0.4 is 11.1 Å². The highest BCUT2D eigenvalue weighted by atomic mass is 35.5. The zero-order valence-electron chi connectivity index (χ0n) is 7.36. The second-order valence-electron chi connectivity index (χ2n) is 2.63. The van der Waals surface area contributed by atoms with Crippen LogP contribution in [0, 0.1) is 0 Å². The standard InChI is InChI=1S/C7H9ClN4O2/c1-3(7(13)14)12-6-4(8)5(9)10-2-11-6/h2-3H,1H3,(H,13,14)(H3,9,10,11,12)/t3-/m1/s1. The summed E-state index contributed by atoms with van der Waals surface area (Å²) in [4.78, 5) is 17.9. The molecule has 4 N–H and O–H groups in total. The number of aliphatic carboxylic acids is 1. The average Bonchev–Trinajstić information content (AvgIpc) is 2.12. The number of anilines is 2. The first-order valence-corrected chi connectivity index (χ1v) is 4.15. The minimum atomic E-state index is -1.00. The maximum Gasteiger partial charge on any atom is 0.325 e. The molecule has 0 amide bonds. The summed E-state index contributed by atoms with van der Waals surface area (Å²) >= 11 is 5.74. The Labute approximate surface area is 85.1 Å². The summed E-state index contributed by atoms with van der Waals surface area (Å²) in [6.07, 6.45) is 1.21. The quantitative estimate of drug-likeness (QED) is 0.684. The fourth-order valence-electron chi connectivity index (χ4n) is 0.751. The van der Waals surface area contributed by atoms with E-state index in [2.05, 4.69) is 15.3 Å². The third kappa shape index (κ3) is 2.23. The number of aromatic nitrogens is 2. The number of nitrogens with one attached hydrogen (secondary N) is 1. The lowest BCUT2D eigenvalue weighted by Gasteiger charge is -2.11. The summed E-state index contributed by atoms with van der Waals surface area (Å²) in [5.41, 5.74) is 5.40. The molecular weight excluding hydrogens is 208 g/mol. The zero-order valence-corrected chi connectivity index (χ0v) is 8.12. The Morgan fingerprint density at radius 1 is 1.71 bits per heavy atom. The Kier molecular flexibility index (Phi) is 3.08. The molecule has 1 heterocycles. The normalized spacial score (nSPS) is 12.1. The van der Waals surface area contributed by atoms with E-state index in [-0.39, 0.29) is 16.7 Å². The molecule has 0 saturated carbocycles. The molecule has 1 aromatic rings. The topological polar surface area (TPSA) is 101 Å². The summed E-state index contributed by atoms with van der Waals surface area (Å²) in [5.74, 6) is -0.672. The number of nitrogens with two attached hydrogens (primary N) is 1. The van der Waals surface area contributed by atoms with Crippen molar-refractivity contribution in [2.24, 2.45) is 0 Å². The highest BCUT2D eigenvalue weighted by molar-refractivity contribution is 6.35. The molecule has 7 heteroatoms. The number of carboxylic acids is 1. The number of hydrogen-bond donors (Lipinski definition) is 3. The average molecular weight is 217 g/mol. The van der Waals surface area contributed by atoms with E-state index in [0.29, 0.717) is 0 Å². The van der Waals surface area contributed by atoms with Crippen LogP contribution in [0.2, 0.25) is 5.02 Å². The molecule has 0 saturated heterocycles. The molecule has 0 aliphatic rings. The van der Waals surface area contributed by atoms with Gasteiger partial charge in [-0.15, -0.1) is 0 Å². The van der Waals surface area contributed by atoms with Crippen LogP contribution >= 0.6 is 11.6 Å². The Morgan fingerprint density at radius 2 is 2.36 bits per heavy atom. The number of carboxylic acid groups (broad SMARTS) is 1. The smallest absolute Gasteiger partial charge is 0.325 e. The number of carbonyl (C=O) groups is 1. The number of halogens is 1. The Balaban J connectivity index is 2.87. The van der Waals surface area contributed by atoms with Crippen molar-refractivity contribution in [3.63, 3.8) is 0 Å². The van der Waals surface area contributed by atoms with Gasteiger partial charge in [0, 0.05) is 0 Å². The monoisotopic (exact) mass is 216 g/mol. The first-order chi connectivity index (χ1) is 6.52. The minimum absolute atomic E-state index is 0.113. The number of hydrogen-bond acceptors (Lipinski definition) is 5. The van der Waals surface area contributed by atoms with Crippen LogP contribution in [0.4, 0.5) is 11.6 Å². The van der Waals surface area contributed by atoms with Gasteiger partial charge in [-0.3, -0.25) is 4.79 Å². The summed E-state index contributed by atoms with van der Waals surface area (Å²) < 4.78 is 0. The first kappa shape index (κ1) is 10.5. The van der Waals surface area contributed by atoms with Gasteiger partial charge >= 0.3 is 5.97 Å². The Hall–Kier alpha value is -1.56. The largest absolute Gasteiger partial charge is 0.480 e. The molecule has 0 aliphatic carbocycles. The predicted octanol–water partition coefficient (Wildman–Crippen LogP) is 0.597. The van der Waals surface area contributed by atoms with Crippen molar-refractivity contribution in [2.45, 2.75) is 13.0 Å². The zero-order chi connectivity index (χ0) is 10.7. The molecule has 0 aliphatic heterocycles. The molecule has 0 spiro atoms. The molecular formula is C7H9ClN4O2. The van der Waals surface area contributed by atoms with Crippen LogP contribution in [-0.2, 0) is 4.79 Å². The van der Waals surface area contributed by atoms with Crippen molar-refractivity contribution in [3.8, 4) is 0 Å². The van der Waals surface area contributed by atoms with E-state index in [9.17, 15) is 4.79 Å². The molecule has 0 bridgehead atoms. The van der Waals surface area contributed by atoms with Gasteiger partial charge in [0.15, 0.2) is 5.82 Å². The van der Waals surface area contributed by atoms with Gasteiger partial charge in [-0.1, -0.05) is 11.6 Å². The number of rotatable bonds is 3. The van der Waals surface area contributed by atoms with Gasteiger partial charge in [-0.25, -0.2) is 9.97 Å². The predicted molar refractivity (Wildman–Crippen MR) is 52.2 cm³/mol. The Bertz CT molecular complexity index is 358. The SMILES string of the molecule is C[C@@H](Nc1ncnc(N)c1Cl)C(=O)O. The van der Waals surface area contributed by atoms with E-state index in [0.717, 1.165) is 0 Å². The van der Waals surface area contributed by atoms with Crippen LogP contribution in [-0.4, -0.2) is 27.1 Å². The van der Waals surface area contributed by atoms with Gasteiger partial charge in [-0.2, -0.15) is 0 Å². The van der Waals surface area contributed by atoms with Gasteiger partial charge in [-0.05, 0) is 6.92 Å². The van der Waals surface area contributed by atoms with Gasteiger partial charge < -0.3 is 16.2 Å². The molecule has 0 radical (unpaired) electrons. The lowest BCUT2D eigenvalue weighted by molar-refractivity contribution is -0.137. The van der Waals surface area contributed by atoms with E-state index >= 15 is 0 Å². The summed E-state index contributed by atoms with van der Waals surface area (Å²) in [5, 5.41) is 11.3. The molecule has 0 unspecified atom stereocenters. The highest BCUT2D eigenvalue weighted by Crippen LogP contribution is 2.23. The molecule has 0 fully saturated rings. The molecule has 6 nitrogen and oxygen atoms in total. The first-order valence-electron chi connectivity index (χ1n) is 3.77. The number of nitrogens with zero attached hydrogens (tertiary/aromatic N) is 2. The lowest BCUT2D eigenvalue weighted by Crippen LogP contribution is -2.26. The van der Waals surface area contributed by atoms with Gasteiger partial charge in [0.25, 0.3) is 0 Å². The molecule has 14 heavy (non-hydrogen) atoms. The van der Waals surface area contributed by atoms with E-state index < -0.39 is 12.0 Å². The molecule has 1 rings (SSSR count). The van der Waals surface area contributed by atoms with Crippen molar-refractivity contribution >= 4 is 29.2 Å².